The van der Waals surface area contributed by atoms with Crippen molar-refractivity contribution in [3.63, 3.8) is 0 Å². The standard InChI is InChI=1S/C23H24N2O4/c1-28-15-9-10-21(29-2)18(14-15)22(25-13-5-8-20(25)23(26)27)17-11-12-24-19-7-4-3-6-16(17)19/h3-4,6-7,9-12,14,20,22H,5,8,13H2,1-2H3,(H,26,27). The lowest BCUT2D eigenvalue weighted by molar-refractivity contribution is -0.142. The first-order chi connectivity index (χ1) is 14.1. The first kappa shape index (κ1) is 19.2. The summed E-state index contributed by atoms with van der Waals surface area (Å²) in [6.07, 6.45) is 3.24. The lowest BCUT2D eigenvalue weighted by atomic mass is 9.92. The van der Waals surface area contributed by atoms with E-state index in [1.165, 1.54) is 0 Å². The zero-order chi connectivity index (χ0) is 20.4. The highest BCUT2D eigenvalue weighted by Crippen LogP contribution is 2.42. The van der Waals surface area contributed by atoms with Crippen LogP contribution in [0.2, 0.25) is 0 Å². The van der Waals surface area contributed by atoms with Crippen molar-refractivity contribution in [2.75, 3.05) is 20.8 Å². The van der Waals surface area contributed by atoms with Crippen molar-refractivity contribution in [2.45, 2.75) is 24.9 Å². The van der Waals surface area contributed by atoms with Crippen molar-refractivity contribution >= 4 is 16.9 Å². The maximum atomic E-state index is 12.0. The van der Waals surface area contributed by atoms with Gasteiger partial charge in [-0.05, 0) is 48.7 Å². The minimum atomic E-state index is -0.798. The molecule has 29 heavy (non-hydrogen) atoms. The number of likely N-dealkylation sites (tertiary alicyclic amines) is 1. The van der Waals surface area contributed by atoms with Gasteiger partial charge in [0, 0.05) is 23.7 Å². The number of hydrogen-bond acceptors (Lipinski definition) is 5. The van der Waals surface area contributed by atoms with Crippen molar-refractivity contribution in [2.24, 2.45) is 0 Å². The summed E-state index contributed by atoms with van der Waals surface area (Å²) in [7, 11) is 3.25. The van der Waals surface area contributed by atoms with Crippen LogP contribution in [0.5, 0.6) is 11.5 Å². The van der Waals surface area contributed by atoms with E-state index >= 15 is 0 Å². The van der Waals surface area contributed by atoms with Gasteiger partial charge in [-0.3, -0.25) is 14.7 Å². The van der Waals surface area contributed by atoms with Gasteiger partial charge in [-0.15, -0.1) is 0 Å². The largest absolute Gasteiger partial charge is 0.497 e. The number of aliphatic carboxylic acids is 1. The van der Waals surface area contributed by atoms with Crippen LogP contribution in [0.15, 0.2) is 54.7 Å². The molecule has 4 rings (SSSR count). The molecule has 2 unspecified atom stereocenters. The maximum absolute atomic E-state index is 12.0. The van der Waals surface area contributed by atoms with E-state index in [0.717, 1.165) is 28.5 Å². The molecule has 0 aliphatic carbocycles. The minimum Gasteiger partial charge on any atom is -0.497 e. The highest BCUT2D eigenvalue weighted by molar-refractivity contribution is 5.83. The summed E-state index contributed by atoms with van der Waals surface area (Å²) in [5, 5.41) is 10.9. The van der Waals surface area contributed by atoms with Crippen LogP contribution in [0, 0.1) is 0 Å². The summed E-state index contributed by atoms with van der Waals surface area (Å²) in [6, 6.07) is 14.7. The van der Waals surface area contributed by atoms with E-state index in [2.05, 4.69) is 9.88 Å². The molecule has 1 aromatic heterocycles. The lowest BCUT2D eigenvalue weighted by Gasteiger charge is -2.33. The van der Waals surface area contributed by atoms with E-state index in [4.69, 9.17) is 9.47 Å². The Labute approximate surface area is 169 Å². The third kappa shape index (κ3) is 3.51. The van der Waals surface area contributed by atoms with Crippen molar-refractivity contribution in [1.82, 2.24) is 9.88 Å². The molecule has 3 aromatic rings. The van der Waals surface area contributed by atoms with Gasteiger partial charge in [-0.2, -0.15) is 0 Å². The van der Waals surface area contributed by atoms with Gasteiger partial charge in [-0.25, -0.2) is 0 Å². The van der Waals surface area contributed by atoms with Crippen LogP contribution in [-0.2, 0) is 4.79 Å². The number of ether oxygens (including phenoxy) is 2. The number of hydrogen-bond donors (Lipinski definition) is 1. The fraction of sp³-hybridized carbons (Fsp3) is 0.304. The Balaban J connectivity index is 1.97. The van der Waals surface area contributed by atoms with Gasteiger partial charge in [0.2, 0.25) is 0 Å². The Kier molecular flexibility index (Phi) is 5.36. The number of carboxylic acid groups (broad SMARTS) is 1. The first-order valence-corrected chi connectivity index (χ1v) is 9.68. The molecule has 2 atom stereocenters. The Hall–Kier alpha value is -3.12. The summed E-state index contributed by atoms with van der Waals surface area (Å²) in [4.78, 5) is 18.6. The number of para-hydroxylation sites is 1. The molecule has 1 aliphatic heterocycles. The number of methoxy groups -OCH3 is 2. The summed E-state index contributed by atoms with van der Waals surface area (Å²) < 4.78 is 11.1. The number of rotatable bonds is 6. The average Bonchev–Trinajstić information content (AvgIpc) is 3.24. The SMILES string of the molecule is COc1ccc(OC)c(C(c2ccnc3ccccc23)N2CCCC2C(=O)O)c1. The predicted molar refractivity (Wildman–Crippen MR) is 110 cm³/mol. The second-order valence-corrected chi connectivity index (χ2v) is 7.16. The molecule has 150 valence electrons. The van der Waals surface area contributed by atoms with E-state index in [9.17, 15) is 9.90 Å². The number of nitrogens with zero attached hydrogens (tertiary/aromatic N) is 2. The van der Waals surface area contributed by atoms with Gasteiger partial charge in [0.25, 0.3) is 0 Å². The van der Waals surface area contributed by atoms with E-state index in [1.807, 2.05) is 48.5 Å². The molecule has 2 aromatic carbocycles. The van der Waals surface area contributed by atoms with E-state index in [1.54, 1.807) is 20.4 Å². The normalized spacial score (nSPS) is 17.9. The zero-order valence-electron chi connectivity index (χ0n) is 16.5. The smallest absolute Gasteiger partial charge is 0.320 e. The zero-order valence-corrected chi connectivity index (χ0v) is 16.5. The fourth-order valence-electron chi connectivity index (χ4n) is 4.30. The van der Waals surface area contributed by atoms with Crippen LogP contribution in [0.3, 0.4) is 0 Å². The number of carbonyl (C=O) groups is 1. The van der Waals surface area contributed by atoms with E-state index in [-0.39, 0.29) is 6.04 Å². The summed E-state index contributed by atoms with van der Waals surface area (Å²) >= 11 is 0. The van der Waals surface area contributed by atoms with Gasteiger partial charge in [0.05, 0.1) is 25.8 Å². The average molecular weight is 392 g/mol. The van der Waals surface area contributed by atoms with Crippen molar-refractivity contribution < 1.29 is 19.4 Å². The number of fused-ring (bicyclic) bond motifs is 1. The third-order valence-electron chi connectivity index (χ3n) is 5.62. The van der Waals surface area contributed by atoms with E-state index in [0.29, 0.717) is 24.5 Å². The minimum absolute atomic E-state index is 0.295. The van der Waals surface area contributed by atoms with Gasteiger partial charge >= 0.3 is 5.97 Å². The molecule has 2 heterocycles. The van der Waals surface area contributed by atoms with Gasteiger partial charge in [-0.1, -0.05) is 18.2 Å². The molecule has 1 aliphatic rings. The second-order valence-electron chi connectivity index (χ2n) is 7.16. The number of aromatic nitrogens is 1. The van der Waals surface area contributed by atoms with E-state index < -0.39 is 12.0 Å². The van der Waals surface area contributed by atoms with Crippen molar-refractivity contribution in [3.8, 4) is 11.5 Å². The Morgan fingerprint density at radius 1 is 1.14 bits per heavy atom. The highest BCUT2D eigenvalue weighted by Gasteiger charge is 2.38. The fourth-order valence-corrected chi connectivity index (χ4v) is 4.30. The summed E-state index contributed by atoms with van der Waals surface area (Å²) in [5.41, 5.74) is 2.77. The van der Waals surface area contributed by atoms with Gasteiger partial charge < -0.3 is 14.6 Å². The molecule has 6 nitrogen and oxygen atoms in total. The number of benzene rings is 2. The molecule has 6 heteroatoms. The maximum Gasteiger partial charge on any atom is 0.320 e. The topological polar surface area (TPSA) is 71.9 Å². The van der Waals surface area contributed by atoms with Crippen LogP contribution in [0.4, 0.5) is 0 Å². The van der Waals surface area contributed by atoms with Crippen molar-refractivity contribution in [3.05, 3.63) is 65.9 Å². The predicted octanol–water partition coefficient (Wildman–Crippen LogP) is 3.89. The Morgan fingerprint density at radius 3 is 2.72 bits per heavy atom. The van der Waals surface area contributed by atoms with Crippen LogP contribution < -0.4 is 9.47 Å². The molecule has 1 saturated heterocycles. The number of carboxylic acids is 1. The molecule has 1 N–H and O–H groups in total. The molecule has 0 amide bonds. The van der Waals surface area contributed by atoms with Crippen LogP contribution >= 0.6 is 0 Å². The third-order valence-corrected chi connectivity index (χ3v) is 5.62. The summed E-state index contributed by atoms with van der Waals surface area (Å²) in [5.74, 6) is 0.607. The summed E-state index contributed by atoms with van der Waals surface area (Å²) in [6.45, 7) is 0.693. The molecule has 1 fully saturated rings. The first-order valence-electron chi connectivity index (χ1n) is 9.68. The Morgan fingerprint density at radius 2 is 1.97 bits per heavy atom. The van der Waals surface area contributed by atoms with Crippen LogP contribution in [-0.4, -0.2) is 47.8 Å². The molecular formula is C23H24N2O4. The van der Waals surface area contributed by atoms with Crippen LogP contribution in [0.25, 0.3) is 10.9 Å². The molecule has 0 radical (unpaired) electrons. The second kappa shape index (κ2) is 8.09. The number of pyridine rings is 1. The lowest BCUT2D eigenvalue weighted by Crippen LogP contribution is -2.39. The monoisotopic (exact) mass is 392 g/mol. The van der Waals surface area contributed by atoms with Crippen molar-refractivity contribution in [1.29, 1.82) is 0 Å². The molecule has 0 spiro atoms. The molecule has 0 bridgehead atoms. The highest BCUT2D eigenvalue weighted by atomic mass is 16.5. The quantitative estimate of drug-likeness (QED) is 0.686. The van der Waals surface area contributed by atoms with Gasteiger partial charge in [0.15, 0.2) is 0 Å². The van der Waals surface area contributed by atoms with Gasteiger partial charge in [0.1, 0.15) is 17.5 Å². The Bertz CT molecular complexity index is 1030. The molecule has 0 saturated carbocycles. The molecular weight excluding hydrogens is 368 g/mol. The van der Waals surface area contributed by atoms with Crippen LogP contribution in [0.1, 0.15) is 30.0 Å².